The van der Waals surface area contributed by atoms with Crippen molar-refractivity contribution in [1.82, 2.24) is 4.72 Å². The van der Waals surface area contributed by atoms with E-state index in [2.05, 4.69) is 4.72 Å². The predicted molar refractivity (Wildman–Crippen MR) is 108 cm³/mol. The average molecular weight is 396 g/mol. The van der Waals surface area contributed by atoms with Gasteiger partial charge in [0.2, 0.25) is 10.0 Å². The van der Waals surface area contributed by atoms with Crippen molar-refractivity contribution in [3.8, 4) is 0 Å². The van der Waals surface area contributed by atoms with Gasteiger partial charge in [0, 0.05) is 0 Å². The van der Waals surface area contributed by atoms with Crippen molar-refractivity contribution in [2.24, 2.45) is 0 Å². The number of aliphatic hydroxyl groups excluding tert-OH is 1. The van der Waals surface area contributed by atoms with Gasteiger partial charge in [-0.2, -0.15) is 0 Å². The highest BCUT2D eigenvalue weighted by Gasteiger charge is 2.31. The molecule has 0 fully saturated rings. The van der Waals surface area contributed by atoms with Gasteiger partial charge in [0.15, 0.2) is 0 Å². The van der Waals surface area contributed by atoms with Crippen LogP contribution in [0, 0.1) is 20.8 Å². The van der Waals surface area contributed by atoms with Crippen LogP contribution in [0.3, 0.4) is 0 Å². The maximum atomic E-state index is 13.1. The quantitative estimate of drug-likeness (QED) is 0.693. The van der Waals surface area contributed by atoms with Gasteiger partial charge in [-0.3, -0.25) is 0 Å². The van der Waals surface area contributed by atoms with Crippen LogP contribution in [0.5, 0.6) is 0 Å². The number of aryl methyl sites for hydroxylation is 3. The Morgan fingerprint density at radius 3 is 2.26 bits per heavy atom. The molecule has 2 N–H and O–H groups in total. The van der Waals surface area contributed by atoms with Crippen LogP contribution in [-0.2, 0) is 14.8 Å². The molecule has 0 saturated heterocycles. The fraction of sp³-hybridized carbons (Fsp3) is 0.619. The fourth-order valence-corrected chi connectivity index (χ4v) is 5.28. The van der Waals surface area contributed by atoms with Gasteiger partial charge in [0.1, 0.15) is 0 Å². The van der Waals surface area contributed by atoms with Crippen LogP contribution in [0.1, 0.15) is 56.7 Å². The third-order valence-corrected chi connectivity index (χ3v) is 6.51. The SMILES string of the molecule is Cc1cc(C)c(S(=O)(=O)N[C@@H](COC(C)(C)C)[C@@H](O)C2=CCCC2)c(C)c1. The Bertz CT molecular complexity index is 783. The minimum Gasteiger partial charge on any atom is -0.387 e. The molecule has 0 saturated carbocycles. The topological polar surface area (TPSA) is 75.6 Å². The molecule has 1 aliphatic carbocycles. The highest BCUT2D eigenvalue weighted by molar-refractivity contribution is 7.89. The molecular weight excluding hydrogens is 362 g/mol. The first-order chi connectivity index (χ1) is 12.4. The van der Waals surface area contributed by atoms with E-state index in [4.69, 9.17) is 4.74 Å². The molecule has 0 amide bonds. The van der Waals surface area contributed by atoms with E-state index < -0.39 is 27.8 Å². The number of aliphatic hydroxyl groups is 1. The fourth-order valence-electron chi connectivity index (χ4n) is 3.60. The van der Waals surface area contributed by atoms with Crippen LogP contribution in [0.25, 0.3) is 0 Å². The third kappa shape index (κ3) is 5.88. The average Bonchev–Trinajstić information content (AvgIpc) is 3.02. The van der Waals surface area contributed by atoms with Crippen molar-refractivity contribution >= 4 is 10.0 Å². The molecule has 0 bridgehead atoms. The first kappa shape index (κ1) is 22.1. The van der Waals surface area contributed by atoms with Crippen molar-refractivity contribution in [3.63, 3.8) is 0 Å². The molecule has 0 aliphatic heterocycles. The molecule has 0 aromatic heterocycles. The van der Waals surface area contributed by atoms with Crippen molar-refractivity contribution in [2.45, 2.75) is 83.4 Å². The summed E-state index contributed by atoms with van der Waals surface area (Å²) < 4.78 is 34.8. The second-order valence-corrected chi connectivity index (χ2v) is 10.1. The van der Waals surface area contributed by atoms with Gasteiger partial charge in [-0.25, -0.2) is 13.1 Å². The van der Waals surface area contributed by atoms with E-state index in [1.807, 2.05) is 45.9 Å². The van der Waals surface area contributed by atoms with E-state index in [1.165, 1.54) is 0 Å². The molecule has 0 spiro atoms. The van der Waals surface area contributed by atoms with Crippen LogP contribution in [0.15, 0.2) is 28.7 Å². The van der Waals surface area contributed by atoms with Crippen molar-refractivity contribution in [2.75, 3.05) is 6.61 Å². The zero-order valence-electron chi connectivity index (χ0n) is 17.3. The van der Waals surface area contributed by atoms with E-state index in [0.717, 1.165) is 30.4 Å². The normalized spacial score (nSPS) is 17.7. The summed E-state index contributed by atoms with van der Waals surface area (Å²) in [4.78, 5) is 0.279. The molecule has 1 aromatic carbocycles. The molecule has 2 rings (SSSR count). The molecule has 6 heteroatoms. The summed E-state index contributed by atoms with van der Waals surface area (Å²) in [6.07, 6.45) is 3.81. The molecule has 1 aromatic rings. The lowest BCUT2D eigenvalue weighted by atomic mass is 10.0. The molecule has 5 nitrogen and oxygen atoms in total. The Kier molecular flexibility index (Phi) is 6.90. The lowest BCUT2D eigenvalue weighted by Gasteiger charge is -2.29. The van der Waals surface area contributed by atoms with Crippen LogP contribution >= 0.6 is 0 Å². The second-order valence-electron chi connectivity index (χ2n) is 8.50. The van der Waals surface area contributed by atoms with Crippen LogP contribution in [-0.4, -0.2) is 37.9 Å². The van der Waals surface area contributed by atoms with Gasteiger partial charge in [-0.05, 0) is 77.5 Å². The summed E-state index contributed by atoms with van der Waals surface area (Å²) >= 11 is 0. The monoisotopic (exact) mass is 395 g/mol. The van der Waals surface area contributed by atoms with Gasteiger partial charge < -0.3 is 9.84 Å². The van der Waals surface area contributed by atoms with E-state index in [-0.39, 0.29) is 11.5 Å². The van der Waals surface area contributed by atoms with E-state index in [9.17, 15) is 13.5 Å². The number of benzene rings is 1. The number of hydrogen-bond donors (Lipinski definition) is 2. The Labute approximate surface area is 163 Å². The van der Waals surface area contributed by atoms with E-state index in [0.29, 0.717) is 11.1 Å². The van der Waals surface area contributed by atoms with Crippen LogP contribution < -0.4 is 4.72 Å². The summed E-state index contributed by atoms with van der Waals surface area (Å²) in [7, 11) is -3.80. The van der Waals surface area contributed by atoms with E-state index in [1.54, 1.807) is 13.8 Å². The minimum atomic E-state index is -3.80. The largest absolute Gasteiger partial charge is 0.387 e. The van der Waals surface area contributed by atoms with Crippen LogP contribution in [0.2, 0.25) is 0 Å². The number of hydrogen-bond acceptors (Lipinski definition) is 4. The van der Waals surface area contributed by atoms with Crippen molar-refractivity contribution in [3.05, 3.63) is 40.5 Å². The second kappa shape index (κ2) is 8.43. The van der Waals surface area contributed by atoms with Gasteiger partial charge in [-0.1, -0.05) is 23.8 Å². The molecule has 1 aliphatic rings. The molecule has 0 radical (unpaired) electrons. The zero-order chi connectivity index (χ0) is 20.4. The van der Waals surface area contributed by atoms with Crippen molar-refractivity contribution in [1.29, 1.82) is 0 Å². The Hall–Kier alpha value is -1.21. The minimum absolute atomic E-state index is 0.102. The van der Waals surface area contributed by atoms with Gasteiger partial charge >= 0.3 is 0 Å². The van der Waals surface area contributed by atoms with Crippen LogP contribution in [0.4, 0.5) is 0 Å². The smallest absolute Gasteiger partial charge is 0.241 e. The Morgan fingerprint density at radius 1 is 1.19 bits per heavy atom. The Morgan fingerprint density at radius 2 is 1.78 bits per heavy atom. The summed E-state index contributed by atoms with van der Waals surface area (Å²) in [5.41, 5.74) is 2.88. The number of nitrogens with one attached hydrogen (secondary N) is 1. The molecular formula is C21H33NO4S. The number of rotatable bonds is 7. The van der Waals surface area contributed by atoms with Crippen molar-refractivity contribution < 1.29 is 18.3 Å². The van der Waals surface area contributed by atoms with Gasteiger partial charge in [-0.15, -0.1) is 0 Å². The maximum absolute atomic E-state index is 13.1. The summed E-state index contributed by atoms with van der Waals surface area (Å²) in [5, 5.41) is 10.8. The molecule has 27 heavy (non-hydrogen) atoms. The molecule has 2 atom stereocenters. The predicted octanol–water partition coefficient (Wildman–Crippen LogP) is 3.55. The molecule has 152 valence electrons. The maximum Gasteiger partial charge on any atom is 0.241 e. The number of allylic oxidation sites excluding steroid dienone is 1. The molecule has 0 unspecified atom stereocenters. The number of sulfonamides is 1. The zero-order valence-corrected chi connectivity index (χ0v) is 18.1. The highest BCUT2D eigenvalue weighted by atomic mass is 32.2. The highest BCUT2D eigenvalue weighted by Crippen LogP contribution is 2.26. The first-order valence-corrected chi connectivity index (χ1v) is 11.0. The number of ether oxygens (including phenoxy) is 1. The third-order valence-electron chi connectivity index (χ3n) is 4.71. The lowest BCUT2D eigenvalue weighted by molar-refractivity contribution is -0.0265. The molecule has 0 heterocycles. The standard InChI is InChI=1S/C21H33NO4S/c1-14-11-15(2)20(16(3)12-14)27(24,25)22-18(13-26-21(4,5)6)19(23)17-9-7-8-10-17/h9,11-12,18-19,22-23H,7-8,10,13H2,1-6H3/t18-,19-/m0/s1. The Balaban J connectivity index is 2.32. The summed E-state index contributed by atoms with van der Waals surface area (Å²) in [5.74, 6) is 0. The van der Waals surface area contributed by atoms with E-state index >= 15 is 0 Å². The van der Waals surface area contributed by atoms with Gasteiger partial charge in [0.25, 0.3) is 0 Å². The lowest BCUT2D eigenvalue weighted by Crippen LogP contribution is -2.48. The van der Waals surface area contributed by atoms with Gasteiger partial charge in [0.05, 0.1) is 29.2 Å². The first-order valence-electron chi connectivity index (χ1n) is 9.52. The summed E-state index contributed by atoms with van der Waals surface area (Å²) in [6.45, 7) is 11.4. The summed E-state index contributed by atoms with van der Waals surface area (Å²) in [6, 6.07) is 2.98.